The lowest BCUT2D eigenvalue weighted by Crippen LogP contribution is -2.02. The maximum Gasteiger partial charge on any atom is 0.240 e. The van der Waals surface area contributed by atoms with Crippen LogP contribution < -0.4 is 10.2 Å². The van der Waals surface area contributed by atoms with Crippen molar-refractivity contribution in [2.45, 2.75) is 12.1 Å². The van der Waals surface area contributed by atoms with Crippen LogP contribution in [-0.2, 0) is 0 Å². The minimum atomic E-state index is 0.0354. The van der Waals surface area contributed by atoms with Crippen molar-refractivity contribution in [2.24, 2.45) is 5.10 Å². The first-order valence-electron chi connectivity index (χ1n) is 8.24. The number of anilines is 1. The van der Waals surface area contributed by atoms with Crippen molar-refractivity contribution in [3.8, 4) is 5.75 Å². The number of methoxy groups -OCH3 is 1. The first kappa shape index (κ1) is 18.7. The van der Waals surface area contributed by atoms with Crippen LogP contribution in [0.1, 0.15) is 22.8 Å². The van der Waals surface area contributed by atoms with E-state index in [9.17, 15) is 4.79 Å². The summed E-state index contributed by atoms with van der Waals surface area (Å²) in [6.45, 7) is 1.89. The number of carbonyl (C=O) groups is 1. The molecule has 2 aromatic carbocycles. The Kier molecular flexibility index (Phi) is 6.22. The van der Waals surface area contributed by atoms with E-state index in [0.717, 1.165) is 17.0 Å². The number of hydrazone groups is 1. The van der Waals surface area contributed by atoms with E-state index in [1.165, 1.54) is 11.8 Å². The number of nitrogens with one attached hydrogen (secondary N) is 2. The zero-order chi connectivity index (χ0) is 19.1. The predicted octanol–water partition coefficient (Wildman–Crippen LogP) is 3.62. The number of ether oxygens (including phenoxy) is 1. The number of nitrogens with zero attached hydrogens (tertiary/aromatic N) is 3. The normalized spacial score (nSPS) is 11.3. The van der Waals surface area contributed by atoms with Crippen LogP contribution in [-0.4, -0.2) is 39.5 Å². The number of Topliss-reactive ketones (excluding diaryl/α,β-unsaturated/α-hetero) is 1. The highest BCUT2D eigenvalue weighted by molar-refractivity contribution is 7.99. The smallest absolute Gasteiger partial charge is 0.240 e. The van der Waals surface area contributed by atoms with Crippen molar-refractivity contribution in [3.05, 3.63) is 65.7 Å². The van der Waals surface area contributed by atoms with E-state index in [1.54, 1.807) is 19.2 Å². The number of H-pyrrole nitrogens is 1. The van der Waals surface area contributed by atoms with E-state index in [2.05, 4.69) is 25.7 Å². The molecule has 0 unspecified atom stereocenters. The Morgan fingerprint density at radius 3 is 2.59 bits per heavy atom. The minimum Gasteiger partial charge on any atom is -0.497 e. The molecule has 3 rings (SSSR count). The monoisotopic (exact) mass is 381 g/mol. The van der Waals surface area contributed by atoms with Crippen molar-refractivity contribution in [2.75, 3.05) is 18.3 Å². The molecule has 2 N–H and O–H groups in total. The number of hydrogen-bond donors (Lipinski definition) is 2. The lowest BCUT2D eigenvalue weighted by Gasteiger charge is -2.03. The Balaban J connectivity index is 1.55. The molecule has 0 radical (unpaired) electrons. The van der Waals surface area contributed by atoms with Crippen molar-refractivity contribution in [3.63, 3.8) is 0 Å². The molecular weight excluding hydrogens is 362 g/mol. The van der Waals surface area contributed by atoms with Gasteiger partial charge in [-0.1, -0.05) is 42.1 Å². The highest BCUT2D eigenvalue weighted by atomic mass is 32.2. The van der Waals surface area contributed by atoms with Gasteiger partial charge in [0.15, 0.2) is 5.78 Å². The fourth-order valence-electron chi connectivity index (χ4n) is 2.23. The van der Waals surface area contributed by atoms with E-state index in [0.29, 0.717) is 16.7 Å². The van der Waals surface area contributed by atoms with Crippen LogP contribution in [0.15, 0.2) is 64.9 Å². The molecule has 0 aliphatic rings. The van der Waals surface area contributed by atoms with E-state index in [4.69, 9.17) is 4.74 Å². The number of aromatic amines is 1. The Morgan fingerprint density at radius 1 is 1.15 bits per heavy atom. The molecule has 0 aliphatic heterocycles. The van der Waals surface area contributed by atoms with E-state index < -0.39 is 0 Å². The molecule has 3 aromatic rings. The number of hydrogen-bond acceptors (Lipinski definition) is 7. The molecule has 0 fully saturated rings. The third-order valence-electron chi connectivity index (χ3n) is 3.73. The van der Waals surface area contributed by atoms with Crippen molar-refractivity contribution in [1.29, 1.82) is 0 Å². The van der Waals surface area contributed by atoms with Gasteiger partial charge in [0, 0.05) is 5.56 Å². The maximum atomic E-state index is 12.1. The second-order valence-corrected chi connectivity index (χ2v) is 6.52. The molecule has 0 atom stereocenters. The van der Waals surface area contributed by atoms with Gasteiger partial charge in [-0.15, -0.1) is 5.10 Å². The topological polar surface area (TPSA) is 92.3 Å². The van der Waals surface area contributed by atoms with Gasteiger partial charge in [0.1, 0.15) is 5.75 Å². The zero-order valence-electron chi connectivity index (χ0n) is 15.0. The van der Waals surface area contributed by atoms with Gasteiger partial charge in [-0.2, -0.15) is 10.1 Å². The number of thioether (sulfide) groups is 1. The maximum absolute atomic E-state index is 12.1. The fraction of sp³-hybridized carbons (Fsp3) is 0.158. The molecule has 8 heteroatoms. The van der Waals surface area contributed by atoms with Gasteiger partial charge in [0.2, 0.25) is 11.1 Å². The van der Waals surface area contributed by atoms with E-state index in [-0.39, 0.29) is 11.5 Å². The third-order valence-corrected chi connectivity index (χ3v) is 4.58. The Morgan fingerprint density at radius 2 is 1.89 bits per heavy atom. The molecule has 0 amide bonds. The van der Waals surface area contributed by atoms with Crippen molar-refractivity contribution in [1.82, 2.24) is 15.2 Å². The summed E-state index contributed by atoms with van der Waals surface area (Å²) >= 11 is 1.27. The molecule has 7 nitrogen and oxygen atoms in total. The zero-order valence-corrected chi connectivity index (χ0v) is 15.8. The highest BCUT2D eigenvalue weighted by Gasteiger charge is 2.09. The molecule has 0 spiro atoms. The number of ketones is 1. The van der Waals surface area contributed by atoms with Crippen LogP contribution in [0, 0.1) is 0 Å². The summed E-state index contributed by atoms with van der Waals surface area (Å²) in [7, 11) is 1.63. The minimum absolute atomic E-state index is 0.0354. The van der Waals surface area contributed by atoms with Crippen LogP contribution in [0.25, 0.3) is 0 Å². The van der Waals surface area contributed by atoms with Gasteiger partial charge in [-0.05, 0) is 36.8 Å². The Bertz CT molecular complexity index is 923. The molecular formula is C19H19N5O2S. The third kappa shape index (κ3) is 5.18. The first-order chi connectivity index (χ1) is 13.2. The molecule has 138 valence electrons. The highest BCUT2D eigenvalue weighted by Crippen LogP contribution is 2.16. The summed E-state index contributed by atoms with van der Waals surface area (Å²) in [5.74, 6) is 1.52. The molecule has 1 heterocycles. The average Bonchev–Trinajstić information content (AvgIpc) is 3.19. The number of aromatic nitrogens is 3. The summed E-state index contributed by atoms with van der Waals surface area (Å²) in [5.41, 5.74) is 5.28. The molecule has 0 bridgehead atoms. The second kappa shape index (κ2) is 9.00. The summed E-state index contributed by atoms with van der Waals surface area (Å²) < 4.78 is 5.14. The first-order valence-corrected chi connectivity index (χ1v) is 9.22. The van der Waals surface area contributed by atoms with E-state index >= 15 is 0 Å². The second-order valence-electron chi connectivity index (χ2n) is 5.58. The van der Waals surface area contributed by atoms with Gasteiger partial charge >= 0.3 is 0 Å². The Labute approximate surface area is 161 Å². The summed E-state index contributed by atoms with van der Waals surface area (Å²) in [6.07, 6.45) is 0. The molecule has 0 saturated heterocycles. The number of rotatable bonds is 8. The van der Waals surface area contributed by atoms with Crippen LogP contribution in [0.5, 0.6) is 5.75 Å². The lowest BCUT2D eigenvalue weighted by molar-refractivity contribution is 0.102. The van der Waals surface area contributed by atoms with Crippen LogP contribution in [0.3, 0.4) is 0 Å². The van der Waals surface area contributed by atoms with Crippen LogP contribution >= 0.6 is 11.8 Å². The van der Waals surface area contributed by atoms with Crippen molar-refractivity contribution >= 4 is 29.2 Å². The lowest BCUT2D eigenvalue weighted by atomic mass is 10.1. The molecule has 0 aliphatic carbocycles. The number of benzene rings is 2. The standard InChI is InChI=1S/C19H19N5O2S/c1-13(14-8-10-16(26-2)11-9-14)21-22-18-20-19(24-23-18)27-12-17(25)15-6-4-3-5-7-15/h3-11H,12H2,1-2H3,(H2,20,22,23,24)/b21-13+. The predicted molar refractivity (Wildman–Crippen MR) is 107 cm³/mol. The fourth-order valence-corrected chi connectivity index (χ4v) is 2.92. The van der Waals surface area contributed by atoms with Gasteiger partial charge < -0.3 is 4.74 Å². The quantitative estimate of drug-likeness (QED) is 0.268. The van der Waals surface area contributed by atoms with Gasteiger partial charge in [-0.25, -0.2) is 10.5 Å². The Hall–Kier alpha value is -3.13. The molecule has 0 saturated carbocycles. The SMILES string of the molecule is COc1ccc(/C(C)=N/Nc2nc(SCC(=O)c3ccccc3)n[nH]2)cc1. The largest absolute Gasteiger partial charge is 0.497 e. The van der Waals surface area contributed by atoms with E-state index in [1.807, 2.05) is 49.4 Å². The van der Waals surface area contributed by atoms with Crippen LogP contribution in [0.4, 0.5) is 5.95 Å². The van der Waals surface area contributed by atoms with Gasteiger partial charge in [0.05, 0.1) is 18.6 Å². The van der Waals surface area contributed by atoms with Gasteiger partial charge in [0.25, 0.3) is 0 Å². The average molecular weight is 381 g/mol. The number of carbonyl (C=O) groups excluding carboxylic acids is 1. The van der Waals surface area contributed by atoms with Gasteiger partial charge in [-0.3, -0.25) is 4.79 Å². The summed E-state index contributed by atoms with van der Waals surface area (Å²) in [6, 6.07) is 16.8. The summed E-state index contributed by atoms with van der Waals surface area (Å²) in [4.78, 5) is 16.4. The summed E-state index contributed by atoms with van der Waals surface area (Å²) in [5, 5.41) is 11.6. The van der Waals surface area contributed by atoms with Crippen molar-refractivity contribution < 1.29 is 9.53 Å². The molecule has 27 heavy (non-hydrogen) atoms. The molecule has 1 aromatic heterocycles. The van der Waals surface area contributed by atoms with Crippen LogP contribution in [0.2, 0.25) is 0 Å².